The first-order chi connectivity index (χ1) is 14.7. The number of hydrazone groups is 1. The van der Waals surface area contributed by atoms with Gasteiger partial charge in [-0.15, -0.1) is 11.3 Å². The Bertz CT molecular complexity index is 1260. The number of nitro groups is 1. The van der Waals surface area contributed by atoms with Crippen molar-refractivity contribution in [2.45, 2.75) is 11.8 Å². The van der Waals surface area contributed by atoms with Crippen LogP contribution in [0, 0.1) is 10.1 Å². The maximum Gasteiger partial charge on any atom is 0.295 e. The number of hydrogen-bond donors (Lipinski definition) is 2. The second kappa shape index (κ2) is 9.33. The predicted molar refractivity (Wildman–Crippen MR) is 122 cm³/mol. The van der Waals surface area contributed by atoms with Crippen LogP contribution >= 0.6 is 22.9 Å². The van der Waals surface area contributed by atoms with Crippen molar-refractivity contribution in [3.63, 3.8) is 0 Å². The van der Waals surface area contributed by atoms with Gasteiger partial charge in [-0.05, 0) is 43.3 Å². The molecule has 0 aliphatic heterocycles. The summed E-state index contributed by atoms with van der Waals surface area (Å²) in [6.07, 6.45) is 0. The summed E-state index contributed by atoms with van der Waals surface area (Å²) < 4.78 is 33.6. The third-order valence-corrected chi connectivity index (χ3v) is 6.80. The van der Waals surface area contributed by atoms with E-state index in [-0.39, 0.29) is 16.3 Å². The zero-order chi connectivity index (χ0) is 22.6. The number of para-hydroxylation sites is 2. The first kappa shape index (κ1) is 22.5. The first-order valence-electron chi connectivity index (χ1n) is 8.71. The van der Waals surface area contributed by atoms with Gasteiger partial charge >= 0.3 is 0 Å². The quantitative estimate of drug-likeness (QED) is 0.267. The predicted octanol–water partition coefficient (Wildman–Crippen LogP) is 4.96. The maximum absolute atomic E-state index is 12.8. The highest BCUT2D eigenvalue weighted by atomic mass is 35.5. The molecule has 0 radical (unpaired) electrons. The van der Waals surface area contributed by atoms with E-state index in [0.717, 1.165) is 10.9 Å². The highest BCUT2D eigenvalue weighted by Crippen LogP contribution is 2.31. The highest BCUT2D eigenvalue weighted by molar-refractivity contribution is 7.92. The second-order valence-corrected chi connectivity index (χ2v) is 9.55. The number of nitro benzene ring substituents is 1. The normalized spacial score (nSPS) is 11.8. The van der Waals surface area contributed by atoms with Crippen molar-refractivity contribution in [3.05, 3.63) is 73.9 Å². The van der Waals surface area contributed by atoms with Gasteiger partial charge in [0.1, 0.15) is 11.4 Å². The minimum atomic E-state index is -4.10. The number of rotatable bonds is 8. The fourth-order valence-electron chi connectivity index (χ4n) is 2.56. The monoisotopic (exact) mass is 480 g/mol. The molecule has 31 heavy (non-hydrogen) atoms. The molecule has 0 fully saturated rings. The van der Waals surface area contributed by atoms with E-state index in [1.54, 1.807) is 37.3 Å². The summed E-state index contributed by atoms with van der Waals surface area (Å²) >= 11 is 7.22. The van der Waals surface area contributed by atoms with Gasteiger partial charge in [0.2, 0.25) is 0 Å². The third-order valence-electron chi connectivity index (χ3n) is 4.10. The molecule has 12 heteroatoms. The molecule has 1 heterocycles. The summed E-state index contributed by atoms with van der Waals surface area (Å²) in [6.45, 7) is 1.72. The van der Waals surface area contributed by atoms with Gasteiger partial charge in [0.05, 0.1) is 37.5 Å². The Morgan fingerprint density at radius 2 is 1.90 bits per heavy atom. The summed E-state index contributed by atoms with van der Waals surface area (Å²) in [7, 11) is -2.69. The number of ether oxygens (including phenoxy) is 1. The number of nitrogens with zero attached hydrogens (tertiary/aromatic N) is 2. The summed E-state index contributed by atoms with van der Waals surface area (Å²) in [6, 6.07) is 13.4. The number of benzene rings is 2. The van der Waals surface area contributed by atoms with E-state index in [1.807, 2.05) is 0 Å². The van der Waals surface area contributed by atoms with Crippen molar-refractivity contribution in [3.8, 4) is 5.75 Å². The second-order valence-electron chi connectivity index (χ2n) is 6.15. The van der Waals surface area contributed by atoms with Crippen LogP contribution in [0.25, 0.3) is 0 Å². The lowest BCUT2D eigenvalue weighted by Crippen LogP contribution is -2.14. The van der Waals surface area contributed by atoms with E-state index in [9.17, 15) is 18.5 Å². The van der Waals surface area contributed by atoms with Crippen LogP contribution in [0.1, 0.15) is 11.8 Å². The Morgan fingerprint density at radius 3 is 2.55 bits per heavy atom. The van der Waals surface area contributed by atoms with Gasteiger partial charge in [0.15, 0.2) is 0 Å². The summed E-state index contributed by atoms with van der Waals surface area (Å²) in [5.74, 6) is 0.317. The van der Waals surface area contributed by atoms with Crippen LogP contribution < -0.4 is 14.9 Å². The smallest absolute Gasteiger partial charge is 0.295 e. The average molecular weight is 481 g/mol. The molecule has 0 atom stereocenters. The van der Waals surface area contributed by atoms with Crippen LogP contribution in [0.15, 0.2) is 64.6 Å². The molecule has 2 aromatic carbocycles. The lowest BCUT2D eigenvalue weighted by atomic mass is 10.3. The molecule has 0 unspecified atom stereocenters. The van der Waals surface area contributed by atoms with Crippen LogP contribution in [0.5, 0.6) is 5.75 Å². The minimum Gasteiger partial charge on any atom is -0.495 e. The van der Waals surface area contributed by atoms with Gasteiger partial charge in [-0.1, -0.05) is 23.7 Å². The van der Waals surface area contributed by atoms with Crippen LogP contribution in [0.2, 0.25) is 4.34 Å². The Balaban J connectivity index is 1.90. The number of methoxy groups -OCH3 is 1. The first-order valence-corrected chi connectivity index (χ1v) is 11.4. The molecule has 0 saturated carbocycles. The molecule has 2 N–H and O–H groups in total. The van der Waals surface area contributed by atoms with Crippen LogP contribution in [-0.4, -0.2) is 26.2 Å². The molecule has 0 spiro atoms. The topological polar surface area (TPSA) is 123 Å². The minimum absolute atomic E-state index is 0.0447. The molecule has 0 saturated heterocycles. The zero-order valence-corrected chi connectivity index (χ0v) is 18.7. The molecule has 0 aliphatic rings. The van der Waals surface area contributed by atoms with E-state index in [1.165, 1.54) is 36.6 Å². The Kier molecular flexibility index (Phi) is 6.78. The van der Waals surface area contributed by atoms with Crippen LogP contribution in [-0.2, 0) is 10.0 Å². The van der Waals surface area contributed by atoms with Crippen LogP contribution in [0.4, 0.5) is 17.1 Å². The van der Waals surface area contributed by atoms with Gasteiger partial charge < -0.3 is 4.74 Å². The van der Waals surface area contributed by atoms with Crippen molar-refractivity contribution in [2.75, 3.05) is 17.3 Å². The molecule has 3 rings (SSSR count). The van der Waals surface area contributed by atoms with E-state index in [4.69, 9.17) is 16.3 Å². The fraction of sp³-hybridized carbons (Fsp3) is 0.105. The Hall–Kier alpha value is -3.15. The van der Waals surface area contributed by atoms with Gasteiger partial charge in [0.25, 0.3) is 15.7 Å². The molecule has 1 aromatic heterocycles. The third kappa shape index (κ3) is 5.32. The van der Waals surface area contributed by atoms with E-state index < -0.39 is 20.6 Å². The molecule has 3 aromatic rings. The largest absolute Gasteiger partial charge is 0.495 e. The molecular weight excluding hydrogens is 464 g/mol. The summed E-state index contributed by atoms with van der Waals surface area (Å²) in [5.41, 5.74) is 3.01. The maximum atomic E-state index is 12.8. The number of thiophene rings is 1. The standard InChI is InChI=1S/C19H17ClN4O5S2/c1-12(18-9-10-19(20)30-18)21-22-14-8-7-13(11-16(14)24(25)26)31(27,28)23-15-5-3-4-6-17(15)29-2/h3-11,22-23H,1-2H3/b21-12+. The molecular formula is C19H17ClN4O5S2. The molecule has 9 nitrogen and oxygen atoms in total. The van der Waals surface area contributed by atoms with Gasteiger partial charge in [-0.3, -0.25) is 20.3 Å². The van der Waals surface area contributed by atoms with Gasteiger partial charge in [0, 0.05) is 6.07 Å². The van der Waals surface area contributed by atoms with Crippen molar-refractivity contribution >= 4 is 55.7 Å². The van der Waals surface area contributed by atoms with Crippen molar-refractivity contribution in [1.29, 1.82) is 0 Å². The van der Waals surface area contributed by atoms with Gasteiger partial charge in [-0.2, -0.15) is 5.10 Å². The Labute approximate surface area is 187 Å². The van der Waals surface area contributed by atoms with E-state index in [2.05, 4.69) is 15.2 Å². The fourth-order valence-corrected chi connectivity index (χ4v) is 4.64. The molecule has 0 bridgehead atoms. The van der Waals surface area contributed by atoms with Crippen molar-refractivity contribution in [1.82, 2.24) is 0 Å². The van der Waals surface area contributed by atoms with Gasteiger partial charge in [-0.25, -0.2) is 8.42 Å². The summed E-state index contributed by atoms with van der Waals surface area (Å²) in [5, 5.41) is 15.7. The van der Waals surface area contributed by atoms with E-state index in [0.29, 0.717) is 15.8 Å². The number of anilines is 2. The van der Waals surface area contributed by atoms with E-state index >= 15 is 0 Å². The highest BCUT2D eigenvalue weighted by Gasteiger charge is 2.22. The zero-order valence-electron chi connectivity index (χ0n) is 16.3. The number of sulfonamides is 1. The Morgan fingerprint density at radius 1 is 1.16 bits per heavy atom. The number of hydrogen-bond acceptors (Lipinski definition) is 8. The lowest BCUT2D eigenvalue weighted by molar-refractivity contribution is -0.384. The number of nitrogens with one attached hydrogen (secondary N) is 2. The lowest BCUT2D eigenvalue weighted by Gasteiger charge is -2.12. The average Bonchev–Trinajstić information content (AvgIpc) is 3.18. The molecule has 162 valence electrons. The van der Waals surface area contributed by atoms with Crippen LogP contribution in [0.3, 0.4) is 0 Å². The molecule has 0 amide bonds. The summed E-state index contributed by atoms with van der Waals surface area (Å²) in [4.78, 5) is 11.4. The van der Waals surface area contributed by atoms with Crippen molar-refractivity contribution < 1.29 is 18.1 Å². The van der Waals surface area contributed by atoms with Crippen molar-refractivity contribution in [2.24, 2.45) is 5.10 Å². The SMILES string of the molecule is COc1ccccc1NS(=O)(=O)c1ccc(N/N=C(\C)c2ccc(Cl)s2)c([N+](=O)[O-])c1. The number of halogens is 1. The molecule has 0 aliphatic carbocycles.